The van der Waals surface area contributed by atoms with E-state index in [2.05, 4.69) is 18.1 Å². The van der Waals surface area contributed by atoms with Crippen molar-refractivity contribution in [3.05, 3.63) is 0 Å². The van der Waals surface area contributed by atoms with Crippen LogP contribution in [0, 0.1) is 0 Å². The third-order valence-electron chi connectivity index (χ3n) is 1.34. The number of nitrogens with zero attached hydrogens (tertiary/aromatic N) is 1. The predicted molar refractivity (Wildman–Crippen MR) is 38.4 cm³/mol. The Morgan fingerprint density at radius 3 is 2.10 bits per heavy atom. The average molecular weight is 160 g/mol. The molecule has 1 aliphatic rings. The zero-order chi connectivity index (χ0) is 7.94. The zero-order valence-corrected chi connectivity index (χ0v) is 6.61. The summed E-state index contributed by atoms with van der Waals surface area (Å²) in [6.07, 6.45) is 0. The summed E-state index contributed by atoms with van der Waals surface area (Å²) in [6.45, 7) is 3.26. The van der Waals surface area contributed by atoms with Crippen molar-refractivity contribution in [1.29, 1.82) is 0 Å². The van der Waals surface area contributed by atoms with Crippen LogP contribution in [-0.2, 0) is 4.79 Å². The first kappa shape index (κ1) is 7.40. The number of urea groups is 1. The monoisotopic (exact) mass is 160 g/mol. The minimum Gasteiger partial charge on any atom is -0.323 e. The van der Waals surface area contributed by atoms with Crippen LogP contribution in [0.1, 0.15) is 13.8 Å². The molecule has 10 heavy (non-hydrogen) atoms. The first-order valence-corrected chi connectivity index (χ1v) is 3.21. The van der Waals surface area contributed by atoms with Crippen LogP contribution < -0.4 is 5.32 Å². The van der Waals surface area contributed by atoms with Gasteiger partial charge in [0.2, 0.25) is 0 Å². The van der Waals surface area contributed by atoms with Gasteiger partial charge in [0, 0.05) is 0 Å². The molecule has 1 fully saturated rings. The maximum Gasteiger partial charge on any atom is 0.335 e. The number of thiol groups is 1. The molecule has 0 aliphatic carbocycles. The summed E-state index contributed by atoms with van der Waals surface area (Å²) in [6, 6.07) is -0.460. The maximum atomic E-state index is 11.0. The molecule has 0 aromatic rings. The Morgan fingerprint density at radius 2 is 2.00 bits per heavy atom. The molecule has 0 aromatic carbocycles. The van der Waals surface area contributed by atoms with Gasteiger partial charge >= 0.3 is 6.03 Å². The quantitative estimate of drug-likeness (QED) is 0.392. The van der Waals surface area contributed by atoms with Crippen LogP contribution in [0.2, 0.25) is 0 Å². The second-order valence-electron chi connectivity index (χ2n) is 2.67. The SMILES string of the molecule is CC1(C)NC(=O)N(S)C1=O. The lowest BCUT2D eigenvalue weighted by Crippen LogP contribution is -2.39. The van der Waals surface area contributed by atoms with Crippen molar-refractivity contribution in [2.24, 2.45) is 0 Å². The van der Waals surface area contributed by atoms with Crippen molar-refractivity contribution in [2.45, 2.75) is 19.4 Å². The van der Waals surface area contributed by atoms with Gasteiger partial charge in [-0.15, -0.1) is 0 Å². The van der Waals surface area contributed by atoms with Gasteiger partial charge in [0.15, 0.2) is 0 Å². The first-order valence-electron chi connectivity index (χ1n) is 2.81. The topological polar surface area (TPSA) is 49.4 Å². The van der Waals surface area contributed by atoms with Crippen LogP contribution in [-0.4, -0.2) is 21.8 Å². The molecule has 3 amide bonds. The molecule has 0 radical (unpaired) electrons. The standard InChI is InChI=1S/C5H8N2O2S/c1-5(2)3(8)7(10)4(9)6-5/h10H,1-2H3,(H,6,9). The fraction of sp³-hybridized carbons (Fsp3) is 0.600. The summed E-state index contributed by atoms with van der Waals surface area (Å²) in [5, 5.41) is 2.45. The Labute approximate surface area is 64.1 Å². The molecule has 0 atom stereocenters. The van der Waals surface area contributed by atoms with Gasteiger partial charge in [-0.05, 0) is 13.8 Å². The number of imide groups is 1. The highest BCUT2D eigenvalue weighted by Crippen LogP contribution is 2.17. The molecule has 5 heteroatoms. The lowest BCUT2D eigenvalue weighted by Gasteiger charge is -2.12. The summed E-state index contributed by atoms with van der Waals surface area (Å²) >= 11 is 3.67. The molecule has 56 valence electrons. The maximum absolute atomic E-state index is 11.0. The van der Waals surface area contributed by atoms with E-state index in [1.807, 2.05) is 0 Å². The average Bonchev–Trinajstić information content (AvgIpc) is 1.95. The van der Waals surface area contributed by atoms with E-state index in [0.29, 0.717) is 0 Å². The van der Waals surface area contributed by atoms with Crippen LogP contribution in [0.3, 0.4) is 0 Å². The Hall–Kier alpha value is -0.710. The number of hydrogen-bond acceptors (Lipinski definition) is 3. The van der Waals surface area contributed by atoms with Crippen LogP contribution >= 0.6 is 12.8 Å². The molecule has 1 saturated heterocycles. The second kappa shape index (κ2) is 1.88. The minimum absolute atomic E-state index is 0.319. The highest BCUT2D eigenvalue weighted by atomic mass is 32.1. The van der Waals surface area contributed by atoms with Gasteiger partial charge in [-0.25, -0.2) is 9.10 Å². The van der Waals surface area contributed by atoms with Crippen molar-refractivity contribution in [3.8, 4) is 0 Å². The summed E-state index contributed by atoms with van der Waals surface area (Å²) in [5.74, 6) is -0.319. The highest BCUT2D eigenvalue weighted by molar-refractivity contribution is 7.79. The predicted octanol–water partition coefficient (Wildman–Crippen LogP) is 0.162. The van der Waals surface area contributed by atoms with Crippen molar-refractivity contribution in [1.82, 2.24) is 9.62 Å². The van der Waals surface area contributed by atoms with E-state index in [1.165, 1.54) is 0 Å². The van der Waals surface area contributed by atoms with Gasteiger partial charge in [-0.2, -0.15) is 0 Å². The highest BCUT2D eigenvalue weighted by Gasteiger charge is 2.42. The van der Waals surface area contributed by atoms with E-state index in [9.17, 15) is 9.59 Å². The largest absolute Gasteiger partial charge is 0.335 e. The summed E-state index contributed by atoms with van der Waals surface area (Å²) < 4.78 is 0.778. The molecular weight excluding hydrogens is 152 g/mol. The molecule has 1 heterocycles. The number of nitrogens with one attached hydrogen (secondary N) is 1. The van der Waals surface area contributed by atoms with E-state index < -0.39 is 11.6 Å². The van der Waals surface area contributed by atoms with E-state index in [1.54, 1.807) is 13.8 Å². The van der Waals surface area contributed by atoms with Crippen LogP contribution in [0.25, 0.3) is 0 Å². The molecule has 4 nitrogen and oxygen atoms in total. The number of carbonyl (C=O) groups is 2. The van der Waals surface area contributed by atoms with Gasteiger partial charge < -0.3 is 5.32 Å². The molecule has 1 rings (SSSR count). The second-order valence-corrected chi connectivity index (χ2v) is 3.07. The van der Waals surface area contributed by atoms with E-state index in [4.69, 9.17) is 0 Å². The number of hydrogen-bond donors (Lipinski definition) is 2. The molecule has 1 aliphatic heterocycles. The third kappa shape index (κ3) is 0.862. The molecule has 0 aromatic heterocycles. The minimum atomic E-state index is -0.793. The molecule has 0 saturated carbocycles. The van der Waals surface area contributed by atoms with Crippen molar-refractivity contribution < 1.29 is 9.59 Å². The first-order chi connectivity index (χ1) is 4.45. The van der Waals surface area contributed by atoms with Crippen LogP contribution in [0.4, 0.5) is 4.79 Å². The van der Waals surface area contributed by atoms with Gasteiger partial charge in [0.25, 0.3) is 5.91 Å². The fourth-order valence-electron chi connectivity index (χ4n) is 0.731. The smallest absolute Gasteiger partial charge is 0.323 e. The Kier molecular flexibility index (Phi) is 1.39. The molecule has 0 bridgehead atoms. The molecule has 0 unspecified atom stereocenters. The normalized spacial score (nSPS) is 23.3. The number of rotatable bonds is 0. The summed E-state index contributed by atoms with van der Waals surface area (Å²) in [5.41, 5.74) is -0.793. The zero-order valence-electron chi connectivity index (χ0n) is 5.71. The van der Waals surface area contributed by atoms with E-state index >= 15 is 0 Å². The number of amides is 3. The summed E-state index contributed by atoms with van der Waals surface area (Å²) in [4.78, 5) is 21.7. The van der Waals surface area contributed by atoms with Crippen molar-refractivity contribution >= 4 is 24.8 Å². The molecule has 1 N–H and O–H groups in total. The van der Waals surface area contributed by atoms with Gasteiger partial charge in [-0.1, -0.05) is 12.8 Å². The lowest BCUT2D eigenvalue weighted by molar-refractivity contribution is -0.126. The van der Waals surface area contributed by atoms with E-state index in [-0.39, 0.29) is 5.91 Å². The third-order valence-corrected chi connectivity index (χ3v) is 1.70. The van der Waals surface area contributed by atoms with Gasteiger partial charge in [-0.3, -0.25) is 4.79 Å². The van der Waals surface area contributed by atoms with Gasteiger partial charge in [0.05, 0.1) is 0 Å². The Bertz CT molecular complexity index is 202. The van der Waals surface area contributed by atoms with Crippen LogP contribution in [0.5, 0.6) is 0 Å². The summed E-state index contributed by atoms with van der Waals surface area (Å²) in [7, 11) is 0. The van der Waals surface area contributed by atoms with Gasteiger partial charge in [0.1, 0.15) is 5.54 Å². The van der Waals surface area contributed by atoms with Crippen molar-refractivity contribution in [3.63, 3.8) is 0 Å². The fourth-order valence-corrected chi connectivity index (χ4v) is 1.03. The Balaban J connectivity index is 2.92. The lowest BCUT2D eigenvalue weighted by atomic mass is 10.1. The Morgan fingerprint density at radius 1 is 1.50 bits per heavy atom. The van der Waals surface area contributed by atoms with E-state index in [0.717, 1.165) is 4.31 Å². The molecular formula is C5H8N2O2S. The van der Waals surface area contributed by atoms with Crippen molar-refractivity contribution in [2.75, 3.05) is 0 Å². The molecule has 0 spiro atoms. The van der Waals surface area contributed by atoms with Crippen LogP contribution in [0.15, 0.2) is 0 Å². The number of carbonyl (C=O) groups excluding carboxylic acids is 2.